The summed E-state index contributed by atoms with van der Waals surface area (Å²) in [6.45, 7) is 4.74. The van der Waals surface area contributed by atoms with Gasteiger partial charge < -0.3 is 14.4 Å². The highest BCUT2D eigenvalue weighted by Gasteiger charge is 2.37. The number of para-hydroxylation sites is 4. The lowest BCUT2D eigenvalue weighted by Gasteiger charge is -2.42. The predicted molar refractivity (Wildman–Crippen MR) is 261 cm³/mol. The van der Waals surface area contributed by atoms with E-state index in [0.717, 1.165) is 28.4 Å². The van der Waals surface area contributed by atoms with E-state index in [2.05, 4.69) is 241 Å². The van der Waals surface area contributed by atoms with E-state index in [9.17, 15) is 0 Å². The van der Waals surface area contributed by atoms with Crippen molar-refractivity contribution in [1.29, 1.82) is 0 Å². The van der Waals surface area contributed by atoms with Gasteiger partial charge in [0.2, 0.25) is 0 Å². The molecule has 0 radical (unpaired) electrons. The number of nitrogens with zero attached hydrogens (tertiary/aromatic N) is 3. The molecule has 0 saturated heterocycles. The molecule has 11 aromatic rings. The van der Waals surface area contributed by atoms with E-state index in [4.69, 9.17) is 0 Å². The SMILES string of the molecule is CC1(C)c2ccccc2N(c2ccccc2)c2ccc(N(c3ccc(-c4cccc5c4sc4ccccc45)cc3)c3ccc4c(c3)c3ccccc3n4-c3ccccc3)cc21. The predicted octanol–water partition coefficient (Wildman–Crippen LogP) is 16.4. The average molecular weight is 800 g/mol. The number of benzene rings is 9. The number of anilines is 6. The zero-order valence-corrected chi connectivity index (χ0v) is 34.8. The summed E-state index contributed by atoms with van der Waals surface area (Å²) in [7, 11) is 0. The van der Waals surface area contributed by atoms with Crippen LogP contribution >= 0.6 is 11.3 Å². The van der Waals surface area contributed by atoms with Crippen LogP contribution < -0.4 is 9.80 Å². The highest BCUT2D eigenvalue weighted by molar-refractivity contribution is 7.26. The van der Waals surface area contributed by atoms with Gasteiger partial charge in [-0.25, -0.2) is 0 Å². The average Bonchev–Trinajstić information content (AvgIpc) is 3.86. The third-order valence-corrected chi connectivity index (χ3v) is 14.0. The van der Waals surface area contributed by atoms with Crippen molar-refractivity contribution < 1.29 is 0 Å². The first kappa shape index (κ1) is 35.5. The molecule has 3 nitrogen and oxygen atoms in total. The van der Waals surface area contributed by atoms with Crippen molar-refractivity contribution in [3.05, 3.63) is 223 Å². The van der Waals surface area contributed by atoms with Crippen LogP contribution in [0.5, 0.6) is 0 Å². The minimum Gasteiger partial charge on any atom is -0.310 e. The smallest absolute Gasteiger partial charge is 0.0542 e. The Hall–Kier alpha value is -7.40. The van der Waals surface area contributed by atoms with Crippen molar-refractivity contribution in [1.82, 2.24) is 4.57 Å². The zero-order chi connectivity index (χ0) is 40.7. The molecule has 0 bridgehead atoms. The summed E-state index contributed by atoms with van der Waals surface area (Å²) in [6, 6.07) is 77.9. The van der Waals surface area contributed by atoms with Crippen molar-refractivity contribution in [3.63, 3.8) is 0 Å². The fraction of sp³-hybridized carbons (Fsp3) is 0.0526. The van der Waals surface area contributed by atoms with Crippen LogP contribution in [0.15, 0.2) is 212 Å². The maximum Gasteiger partial charge on any atom is 0.0542 e. The number of aromatic nitrogens is 1. The molecule has 2 aromatic heterocycles. The van der Waals surface area contributed by atoms with E-state index in [1.807, 2.05) is 11.3 Å². The van der Waals surface area contributed by atoms with Gasteiger partial charge in [0.05, 0.1) is 22.4 Å². The first-order valence-corrected chi connectivity index (χ1v) is 21.8. The van der Waals surface area contributed by atoms with E-state index < -0.39 is 0 Å². The molecule has 290 valence electrons. The minimum atomic E-state index is -0.251. The number of fused-ring (bicyclic) bond motifs is 8. The lowest BCUT2D eigenvalue weighted by Crippen LogP contribution is -2.30. The Morgan fingerprint density at radius 2 is 1.03 bits per heavy atom. The van der Waals surface area contributed by atoms with E-state index in [-0.39, 0.29) is 5.41 Å². The van der Waals surface area contributed by atoms with E-state index >= 15 is 0 Å². The van der Waals surface area contributed by atoms with Gasteiger partial charge in [-0.05, 0) is 113 Å². The molecule has 61 heavy (non-hydrogen) atoms. The van der Waals surface area contributed by atoms with Gasteiger partial charge in [0.1, 0.15) is 0 Å². The first-order chi connectivity index (χ1) is 30.0. The number of rotatable bonds is 6. The largest absolute Gasteiger partial charge is 0.310 e. The monoisotopic (exact) mass is 799 g/mol. The molecule has 0 N–H and O–H groups in total. The van der Waals surface area contributed by atoms with Gasteiger partial charge in [0, 0.05) is 64.8 Å². The van der Waals surface area contributed by atoms with Crippen LogP contribution in [0.1, 0.15) is 25.0 Å². The Kier molecular flexibility index (Phi) is 8.06. The van der Waals surface area contributed by atoms with Crippen LogP contribution in [0.2, 0.25) is 0 Å². The second kappa shape index (κ2) is 13.8. The van der Waals surface area contributed by atoms with Crippen LogP contribution in [0.3, 0.4) is 0 Å². The molecule has 1 aliphatic rings. The normalized spacial score (nSPS) is 13.2. The quantitative estimate of drug-likeness (QED) is 0.166. The van der Waals surface area contributed by atoms with Gasteiger partial charge in [0.25, 0.3) is 0 Å². The Bertz CT molecular complexity index is 3450. The summed E-state index contributed by atoms with van der Waals surface area (Å²) < 4.78 is 5.04. The van der Waals surface area contributed by atoms with Crippen molar-refractivity contribution in [2.75, 3.05) is 9.80 Å². The number of hydrogen-bond acceptors (Lipinski definition) is 3. The standard InChI is InChI=1S/C57H41N3S/c1-57(2)49-24-11-13-26-53(49)60(40-18-7-4-8-19-40)54-35-33-43(37-50(54)57)58(41-30-28-38(29-31-41)44-22-15-23-47-46-21-10-14-27-55(46)61-56(44)47)42-32-34-52-48(36-42)45-20-9-12-25-51(45)59(52)39-16-5-3-6-17-39/h3-37H,1-2H3. The fourth-order valence-corrected chi connectivity index (χ4v) is 11.1. The first-order valence-electron chi connectivity index (χ1n) is 21.0. The third-order valence-electron chi connectivity index (χ3n) is 12.8. The molecule has 0 atom stereocenters. The minimum absolute atomic E-state index is 0.251. The highest BCUT2D eigenvalue weighted by atomic mass is 32.1. The third kappa shape index (κ3) is 5.56. The summed E-state index contributed by atoms with van der Waals surface area (Å²) in [4.78, 5) is 4.87. The molecule has 9 aromatic carbocycles. The van der Waals surface area contributed by atoms with Crippen LogP contribution in [0, 0.1) is 0 Å². The molecule has 0 spiro atoms. The molecule has 0 fully saturated rings. The molecule has 0 amide bonds. The van der Waals surface area contributed by atoms with Gasteiger partial charge in [-0.15, -0.1) is 11.3 Å². The maximum absolute atomic E-state index is 2.45. The van der Waals surface area contributed by atoms with Crippen molar-refractivity contribution in [3.8, 4) is 16.8 Å². The van der Waals surface area contributed by atoms with Crippen LogP contribution in [-0.2, 0) is 5.41 Å². The van der Waals surface area contributed by atoms with Crippen LogP contribution in [0.25, 0.3) is 58.8 Å². The Labute approximate surface area is 359 Å². The molecule has 4 heteroatoms. The molecule has 0 aliphatic carbocycles. The van der Waals surface area contributed by atoms with Gasteiger partial charge in [-0.2, -0.15) is 0 Å². The lowest BCUT2D eigenvalue weighted by molar-refractivity contribution is 0.632. The molecular formula is C57H41N3S. The van der Waals surface area contributed by atoms with Gasteiger partial charge in [-0.3, -0.25) is 0 Å². The van der Waals surface area contributed by atoms with Crippen LogP contribution in [-0.4, -0.2) is 4.57 Å². The summed E-state index contributed by atoms with van der Waals surface area (Å²) in [5, 5.41) is 5.09. The molecule has 1 aliphatic heterocycles. The summed E-state index contributed by atoms with van der Waals surface area (Å²) in [6.07, 6.45) is 0. The molecule has 12 rings (SSSR count). The van der Waals surface area contributed by atoms with E-state index in [0.29, 0.717) is 0 Å². The van der Waals surface area contributed by atoms with E-state index in [1.54, 1.807) is 0 Å². The van der Waals surface area contributed by atoms with E-state index in [1.165, 1.54) is 75.6 Å². The van der Waals surface area contributed by atoms with Crippen molar-refractivity contribution in [2.24, 2.45) is 0 Å². The second-order valence-electron chi connectivity index (χ2n) is 16.6. The molecule has 3 heterocycles. The Balaban J connectivity index is 1.06. The maximum atomic E-state index is 2.45. The topological polar surface area (TPSA) is 11.4 Å². The molecule has 0 saturated carbocycles. The fourth-order valence-electron chi connectivity index (χ4n) is 9.85. The second-order valence-corrected chi connectivity index (χ2v) is 17.6. The molecule has 0 unspecified atom stereocenters. The van der Waals surface area contributed by atoms with Crippen molar-refractivity contribution >= 4 is 87.4 Å². The number of hydrogen-bond donors (Lipinski definition) is 0. The summed E-state index contributed by atoms with van der Waals surface area (Å²) in [5.41, 5.74) is 15.3. The Morgan fingerprint density at radius 3 is 1.85 bits per heavy atom. The van der Waals surface area contributed by atoms with Crippen molar-refractivity contribution in [2.45, 2.75) is 19.3 Å². The number of thiophene rings is 1. The van der Waals surface area contributed by atoms with Gasteiger partial charge >= 0.3 is 0 Å². The van der Waals surface area contributed by atoms with Gasteiger partial charge in [-0.1, -0.05) is 135 Å². The lowest BCUT2D eigenvalue weighted by atomic mass is 9.73. The Morgan fingerprint density at radius 1 is 0.426 bits per heavy atom. The molecular weight excluding hydrogens is 759 g/mol. The van der Waals surface area contributed by atoms with Gasteiger partial charge in [0.15, 0.2) is 0 Å². The summed E-state index contributed by atoms with van der Waals surface area (Å²) >= 11 is 1.88. The summed E-state index contributed by atoms with van der Waals surface area (Å²) in [5.74, 6) is 0. The van der Waals surface area contributed by atoms with Crippen LogP contribution in [0.4, 0.5) is 34.1 Å². The highest BCUT2D eigenvalue weighted by Crippen LogP contribution is 2.53. The zero-order valence-electron chi connectivity index (χ0n) is 34.0.